The molecule has 1 aliphatic rings. The number of hydrazone groups is 1. The molecule has 2 aromatic carbocycles. The fraction of sp³-hybridized carbons (Fsp3) is 0.278. The van der Waals surface area contributed by atoms with E-state index in [1.54, 1.807) is 18.2 Å². The van der Waals surface area contributed by atoms with E-state index in [-0.39, 0.29) is 0 Å². The molecule has 2 aromatic rings. The van der Waals surface area contributed by atoms with Gasteiger partial charge in [-0.2, -0.15) is 5.10 Å². The maximum Gasteiger partial charge on any atom is 0.0762 e. The van der Waals surface area contributed by atoms with Crippen molar-refractivity contribution < 1.29 is 0 Å². The Balaban J connectivity index is 1.74. The summed E-state index contributed by atoms with van der Waals surface area (Å²) in [4.78, 5) is 4.74. The summed E-state index contributed by atoms with van der Waals surface area (Å²) in [5.74, 6) is 0. The van der Waals surface area contributed by atoms with Gasteiger partial charge in [-0.1, -0.05) is 41.4 Å². The molecule has 0 saturated carbocycles. The average molecular weight is 363 g/mol. The van der Waals surface area contributed by atoms with Gasteiger partial charge in [0.2, 0.25) is 0 Å². The summed E-state index contributed by atoms with van der Waals surface area (Å²) in [7, 11) is 2.16. The Hall–Kier alpha value is -1.75. The first-order valence-electron chi connectivity index (χ1n) is 7.90. The Morgan fingerprint density at radius 2 is 1.79 bits per heavy atom. The van der Waals surface area contributed by atoms with Crippen LogP contribution in [0, 0.1) is 0 Å². The molecule has 24 heavy (non-hydrogen) atoms. The molecule has 0 amide bonds. The van der Waals surface area contributed by atoms with Crippen molar-refractivity contribution >= 4 is 40.8 Å². The highest BCUT2D eigenvalue weighted by atomic mass is 35.5. The summed E-state index contributed by atoms with van der Waals surface area (Å²) in [6.07, 6.45) is 1.82. The fourth-order valence-corrected chi connectivity index (χ4v) is 3.02. The largest absolute Gasteiger partial charge is 0.368 e. The van der Waals surface area contributed by atoms with Crippen LogP contribution in [0.4, 0.5) is 11.4 Å². The van der Waals surface area contributed by atoms with Crippen molar-refractivity contribution in [3.8, 4) is 0 Å². The Morgan fingerprint density at radius 3 is 2.58 bits per heavy atom. The Bertz CT molecular complexity index is 725. The minimum Gasteiger partial charge on any atom is -0.368 e. The summed E-state index contributed by atoms with van der Waals surface area (Å²) in [6.45, 7) is 4.19. The Labute approximate surface area is 152 Å². The number of likely N-dealkylation sites (N-methyl/N-ethyl adjacent to an activating group) is 1. The number of nitrogens with zero attached hydrogens (tertiary/aromatic N) is 3. The molecule has 6 heteroatoms. The van der Waals surface area contributed by atoms with Crippen LogP contribution in [0.1, 0.15) is 5.56 Å². The molecule has 1 heterocycles. The quantitative estimate of drug-likeness (QED) is 0.653. The lowest BCUT2D eigenvalue weighted by Crippen LogP contribution is -2.44. The standard InChI is InChI=1S/C18H20Cl2N4/c1-23-8-10-24(11-9-23)18-5-3-2-4-14(18)13-21-22-17-12-15(19)6-7-16(17)20/h2-7,12-13,22H,8-11H2,1H3/b21-13-. The number of halogens is 2. The number of piperazine rings is 1. The topological polar surface area (TPSA) is 30.9 Å². The number of anilines is 2. The van der Waals surface area contributed by atoms with Gasteiger partial charge in [0.05, 0.1) is 16.9 Å². The summed E-state index contributed by atoms with van der Waals surface area (Å²) in [5.41, 5.74) is 5.94. The molecule has 0 spiro atoms. The number of para-hydroxylation sites is 1. The van der Waals surface area contributed by atoms with E-state index >= 15 is 0 Å². The smallest absolute Gasteiger partial charge is 0.0762 e. The van der Waals surface area contributed by atoms with Crippen molar-refractivity contribution in [2.45, 2.75) is 0 Å². The zero-order chi connectivity index (χ0) is 16.9. The molecule has 0 aromatic heterocycles. The summed E-state index contributed by atoms with van der Waals surface area (Å²) < 4.78 is 0. The normalized spacial score (nSPS) is 15.9. The van der Waals surface area contributed by atoms with E-state index in [0.717, 1.165) is 31.7 Å². The van der Waals surface area contributed by atoms with Gasteiger partial charge < -0.3 is 9.80 Å². The highest BCUT2D eigenvalue weighted by molar-refractivity contribution is 6.35. The van der Waals surface area contributed by atoms with Crippen LogP contribution in [0.15, 0.2) is 47.6 Å². The summed E-state index contributed by atoms with van der Waals surface area (Å²) in [6, 6.07) is 13.5. The minimum atomic E-state index is 0.587. The van der Waals surface area contributed by atoms with Crippen molar-refractivity contribution in [1.82, 2.24) is 4.90 Å². The maximum absolute atomic E-state index is 6.14. The van der Waals surface area contributed by atoms with E-state index in [9.17, 15) is 0 Å². The lowest BCUT2D eigenvalue weighted by Gasteiger charge is -2.34. The lowest BCUT2D eigenvalue weighted by molar-refractivity contribution is 0.313. The van der Waals surface area contributed by atoms with Gasteiger partial charge in [-0.15, -0.1) is 0 Å². The first-order chi connectivity index (χ1) is 11.6. The van der Waals surface area contributed by atoms with Crippen LogP contribution >= 0.6 is 23.2 Å². The third-order valence-electron chi connectivity index (χ3n) is 4.10. The van der Waals surface area contributed by atoms with Gasteiger partial charge in [0.25, 0.3) is 0 Å². The fourth-order valence-electron chi connectivity index (χ4n) is 2.69. The predicted molar refractivity (Wildman–Crippen MR) is 104 cm³/mol. The lowest BCUT2D eigenvalue weighted by atomic mass is 10.1. The average Bonchev–Trinajstić information content (AvgIpc) is 2.59. The van der Waals surface area contributed by atoms with Gasteiger partial charge >= 0.3 is 0 Å². The SMILES string of the molecule is CN1CCN(c2ccccc2/C=N\Nc2cc(Cl)ccc2Cl)CC1. The van der Waals surface area contributed by atoms with E-state index in [1.165, 1.54) is 5.69 Å². The van der Waals surface area contributed by atoms with Crippen molar-refractivity contribution in [2.24, 2.45) is 5.10 Å². The van der Waals surface area contributed by atoms with Crippen LogP contribution in [0.2, 0.25) is 10.0 Å². The summed E-state index contributed by atoms with van der Waals surface area (Å²) in [5, 5.41) is 5.54. The second kappa shape index (κ2) is 7.88. The molecule has 0 aliphatic carbocycles. The van der Waals surface area contributed by atoms with Crippen LogP contribution in [-0.4, -0.2) is 44.3 Å². The Morgan fingerprint density at radius 1 is 1.04 bits per heavy atom. The van der Waals surface area contributed by atoms with Gasteiger partial charge in [0, 0.05) is 42.5 Å². The van der Waals surface area contributed by atoms with Crippen LogP contribution in [0.25, 0.3) is 0 Å². The van der Waals surface area contributed by atoms with Gasteiger partial charge in [0.1, 0.15) is 0 Å². The molecule has 0 atom stereocenters. The van der Waals surface area contributed by atoms with E-state index < -0.39 is 0 Å². The molecular formula is C18H20Cl2N4. The molecule has 1 N–H and O–H groups in total. The van der Waals surface area contributed by atoms with E-state index in [0.29, 0.717) is 15.7 Å². The molecule has 0 unspecified atom stereocenters. The molecule has 1 fully saturated rings. The van der Waals surface area contributed by atoms with Crippen molar-refractivity contribution in [3.05, 3.63) is 58.1 Å². The van der Waals surface area contributed by atoms with Gasteiger partial charge in [-0.05, 0) is 31.3 Å². The molecule has 1 aliphatic heterocycles. The monoisotopic (exact) mass is 362 g/mol. The number of hydrogen-bond acceptors (Lipinski definition) is 4. The highest BCUT2D eigenvalue weighted by Gasteiger charge is 2.15. The number of nitrogens with one attached hydrogen (secondary N) is 1. The molecular weight excluding hydrogens is 343 g/mol. The van der Waals surface area contributed by atoms with Crippen LogP contribution in [-0.2, 0) is 0 Å². The van der Waals surface area contributed by atoms with Gasteiger partial charge in [0.15, 0.2) is 0 Å². The van der Waals surface area contributed by atoms with Gasteiger partial charge in [-0.3, -0.25) is 5.43 Å². The maximum atomic E-state index is 6.14. The molecule has 3 rings (SSSR count). The van der Waals surface area contributed by atoms with Crippen molar-refractivity contribution in [1.29, 1.82) is 0 Å². The van der Waals surface area contributed by atoms with Crippen molar-refractivity contribution in [2.75, 3.05) is 43.6 Å². The predicted octanol–water partition coefficient (Wildman–Crippen LogP) is 4.19. The number of benzene rings is 2. The van der Waals surface area contributed by atoms with E-state index in [4.69, 9.17) is 23.2 Å². The molecule has 0 radical (unpaired) electrons. The van der Waals surface area contributed by atoms with Crippen LogP contribution in [0.5, 0.6) is 0 Å². The number of hydrogen-bond donors (Lipinski definition) is 1. The third-order valence-corrected chi connectivity index (χ3v) is 4.66. The third kappa shape index (κ3) is 4.20. The minimum absolute atomic E-state index is 0.587. The van der Waals surface area contributed by atoms with Crippen LogP contribution < -0.4 is 10.3 Å². The second-order valence-corrected chi connectivity index (χ2v) is 6.69. The first kappa shape index (κ1) is 17.1. The van der Waals surface area contributed by atoms with Gasteiger partial charge in [-0.25, -0.2) is 0 Å². The Kier molecular flexibility index (Phi) is 5.61. The molecule has 126 valence electrons. The zero-order valence-corrected chi connectivity index (χ0v) is 15.1. The molecule has 0 bridgehead atoms. The molecule has 1 saturated heterocycles. The highest BCUT2D eigenvalue weighted by Crippen LogP contribution is 2.25. The van der Waals surface area contributed by atoms with E-state index in [1.807, 2.05) is 12.3 Å². The van der Waals surface area contributed by atoms with Crippen molar-refractivity contribution in [3.63, 3.8) is 0 Å². The molecule has 4 nitrogen and oxygen atoms in total. The zero-order valence-electron chi connectivity index (χ0n) is 13.5. The second-order valence-electron chi connectivity index (χ2n) is 5.84. The van der Waals surface area contributed by atoms with E-state index in [2.05, 4.69) is 45.6 Å². The summed E-state index contributed by atoms with van der Waals surface area (Å²) >= 11 is 12.1. The number of rotatable bonds is 4. The first-order valence-corrected chi connectivity index (χ1v) is 8.66. The van der Waals surface area contributed by atoms with Crippen LogP contribution in [0.3, 0.4) is 0 Å².